The van der Waals surface area contributed by atoms with E-state index >= 15 is 0 Å². The van der Waals surface area contributed by atoms with Crippen molar-refractivity contribution in [2.24, 2.45) is 10.8 Å². The van der Waals surface area contributed by atoms with E-state index < -0.39 is 0 Å². The van der Waals surface area contributed by atoms with Crippen LogP contribution in [-0.4, -0.2) is 47.4 Å². The Morgan fingerprint density at radius 2 is 1.39 bits per heavy atom. The molecular formula is C20H28N2O. The van der Waals surface area contributed by atoms with Crippen LogP contribution in [-0.2, 0) is 11.2 Å². The largest absolute Gasteiger partial charge is 0.298 e. The van der Waals surface area contributed by atoms with Crippen LogP contribution >= 0.6 is 0 Å². The van der Waals surface area contributed by atoms with E-state index in [0.717, 1.165) is 45.4 Å². The topological polar surface area (TPSA) is 23.6 Å². The van der Waals surface area contributed by atoms with Crippen molar-refractivity contribution in [2.75, 3.05) is 26.2 Å². The second-order valence-corrected chi connectivity index (χ2v) is 8.19. The number of Topliss-reactive ketones (excluding diaryl/α,β-unsaturated/α-hetero) is 1. The van der Waals surface area contributed by atoms with Gasteiger partial charge in [0.05, 0.1) is 16.5 Å². The summed E-state index contributed by atoms with van der Waals surface area (Å²) in [4.78, 5) is 18.4. The average Bonchev–Trinajstić information content (AvgIpc) is 2.55. The Bertz CT molecular complexity index is 582. The minimum Gasteiger partial charge on any atom is -0.298 e. The Kier molecular flexibility index (Phi) is 3.27. The van der Waals surface area contributed by atoms with Crippen molar-refractivity contribution < 1.29 is 4.79 Å². The maximum atomic E-state index is 13.2. The van der Waals surface area contributed by atoms with E-state index in [1.807, 2.05) is 0 Å². The molecule has 1 aromatic rings. The monoisotopic (exact) mass is 312 g/mol. The number of hydrogen-bond acceptors (Lipinski definition) is 3. The number of benzene rings is 1. The fourth-order valence-corrected chi connectivity index (χ4v) is 5.38. The molecule has 0 saturated carbocycles. The highest BCUT2D eigenvalue weighted by atomic mass is 16.1. The fraction of sp³-hybridized carbons (Fsp3) is 0.650. The van der Waals surface area contributed by atoms with E-state index in [4.69, 9.17) is 0 Å². The first-order valence-corrected chi connectivity index (χ1v) is 9.07. The fourth-order valence-electron chi connectivity index (χ4n) is 5.38. The molecule has 4 heterocycles. The van der Waals surface area contributed by atoms with E-state index in [-0.39, 0.29) is 16.5 Å². The molecule has 0 atom stereocenters. The van der Waals surface area contributed by atoms with Crippen LogP contribution in [0.25, 0.3) is 0 Å². The molecule has 0 amide bonds. The predicted molar refractivity (Wildman–Crippen MR) is 92.2 cm³/mol. The van der Waals surface area contributed by atoms with Crippen molar-refractivity contribution in [2.45, 2.75) is 45.7 Å². The van der Waals surface area contributed by atoms with Gasteiger partial charge in [0.2, 0.25) is 0 Å². The molecule has 4 aliphatic rings. The molecule has 4 aliphatic heterocycles. The lowest BCUT2D eigenvalue weighted by atomic mass is 9.57. The molecular weight excluding hydrogens is 284 g/mol. The zero-order valence-electron chi connectivity index (χ0n) is 14.6. The van der Waals surface area contributed by atoms with Gasteiger partial charge in [-0.15, -0.1) is 0 Å². The zero-order chi connectivity index (χ0) is 16.3. The Morgan fingerprint density at radius 1 is 0.913 bits per heavy atom. The number of nitrogens with zero attached hydrogens (tertiary/aromatic N) is 2. The molecule has 5 rings (SSSR count). The normalized spacial score (nSPS) is 44.7. The van der Waals surface area contributed by atoms with Gasteiger partial charge in [-0.1, -0.05) is 44.2 Å². The van der Waals surface area contributed by atoms with Crippen LogP contribution in [0.15, 0.2) is 30.3 Å². The molecule has 0 aliphatic carbocycles. The zero-order valence-corrected chi connectivity index (χ0v) is 14.6. The van der Waals surface area contributed by atoms with Crippen molar-refractivity contribution in [1.82, 2.24) is 9.80 Å². The molecule has 0 radical (unpaired) electrons. The third-order valence-electron chi connectivity index (χ3n) is 7.04. The first kappa shape index (κ1) is 15.3. The highest BCUT2D eigenvalue weighted by Gasteiger charge is 2.66. The smallest absolute Gasteiger partial charge is 0.150 e. The molecule has 4 bridgehead atoms. The molecule has 4 saturated heterocycles. The molecule has 1 aromatic carbocycles. The van der Waals surface area contributed by atoms with E-state index in [1.165, 1.54) is 5.56 Å². The number of ketones is 1. The third-order valence-corrected chi connectivity index (χ3v) is 7.04. The lowest BCUT2D eigenvalue weighted by molar-refractivity contribution is -0.231. The van der Waals surface area contributed by atoms with Crippen LogP contribution in [0.1, 0.15) is 39.2 Å². The van der Waals surface area contributed by atoms with Crippen LogP contribution in [0, 0.1) is 10.8 Å². The Hall–Kier alpha value is -1.19. The Labute approximate surface area is 139 Å². The van der Waals surface area contributed by atoms with Crippen LogP contribution in [0.5, 0.6) is 0 Å². The van der Waals surface area contributed by atoms with E-state index in [9.17, 15) is 4.79 Å². The van der Waals surface area contributed by atoms with Crippen LogP contribution in [0.3, 0.4) is 0 Å². The summed E-state index contributed by atoms with van der Waals surface area (Å²) >= 11 is 0. The summed E-state index contributed by atoms with van der Waals surface area (Å²) in [6.07, 6.45) is 2.99. The van der Waals surface area contributed by atoms with Crippen molar-refractivity contribution in [3.63, 3.8) is 0 Å². The molecule has 23 heavy (non-hydrogen) atoms. The van der Waals surface area contributed by atoms with Gasteiger partial charge >= 0.3 is 0 Å². The van der Waals surface area contributed by atoms with Crippen LogP contribution in [0.2, 0.25) is 0 Å². The maximum absolute atomic E-state index is 13.2. The second kappa shape index (κ2) is 4.90. The van der Waals surface area contributed by atoms with E-state index in [1.54, 1.807) is 0 Å². The predicted octanol–water partition coefficient (Wildman–Crippen LogP) is 2.95. The van der Waals surface area contributed by atoms with Gasteiger partial charge in [-0.2, -0.15) is 0 Å². The standard InChI is InChI=1S/C20H28N2O/c1-4-19-12-21-14-20(5-2,17(19)23)15-22(13-19)18(21,3)11-16-9-7-6-8-10-16/h6-10H,4-5,11-15H2,1-3H3. The molecule has 0 aromatic heterocycles. The van der Waals surface area contributed by atoms with Gasteiger partial charge in [-0.25, -0.2) is 0 Å². The SMILES string of the molecule is CCC12CN3CC(CC)(CN(C1)C3(C)Cc1ccccc1)C2=O. The van der Waals surface area contributed by atoms with Crippen molar-refractivity contribution in [1.29, 1.82) is 0 Å². The van der Waals surface area contributed by atoms with Crippen molar-refractivity contribution >= 4 is 5.78 Å². The van der Waals surface area contributed by atoms with Crippen LogP contribution < -0.4 is 0 Å². The Balaban J connectivity index is 1.71. The Morgan fingerprint density at radius 3 is 1.83 bits per heavy atom. The minimum absolute atomic E-state index is 0.0550. The van der Waals surface area contributed by atoms with Gasteiger partial charge < -0.3 is 0 Å². The summed E-state index contributed by atoms with van der Waals surface area (Å²) in [5.74, 6) is 0.560. The number of piperidine rings is 2. The van der Waals surface area contributed by atoms with E-state index in [0.29, 0.717) is 5.78 Å². The lowest BCUT2D eigenvalue weighted by Gasteiger charge is -2.70. The molecule has 3 heteroatoms. The summed E-state index contributed by atoms with van der Waals surface area (Å²) in [7, 11) is 0. The summed E-state index contributed by atoms with van der Waals surface area (Å²) in [5, 5.41) is 0. The molecule has 124 valence electrons. The van der Waals surface area contributed by atoms with Gasteiger partial charge in [0.15, 0.2) is 0 Å². The van der Waals surface area contributed by atoms with Crippen molar-refractivity contribution in [3.05, 3.63) is 35.9 Å². The van der Waals surface area contributed by atoms with Gasteiger partial charge in [-0.05, 0) is 25.3 Å². The van der Waals surface area contributed by atoms with Crippen molar-refractivity contribution in [3.8, 4) is 0 Å². The number of carbonyl (C=O) groups is 1. The van der Waals surface area contributed by atoms with E-state index in [2.05, 4.69) is 60.9 Å². The highest BCUT2D eigenvalue weighted by molar-refractivity contribution is 5.93. The minimum atomic E-state index is -0.122. The summed E-state index contributed by atoms with van der Waals surface area (Å²) < 4.78 is 0. The summed E-state index contributed by atoms with van der Waals surface area (Å²) in [5.41, 5.74) is 1.20. The number of hydrogen-bond donors (Lipinski definition) is 0. The number of carbonyl (C=O) groups excluding carboxylic acids is 1. The van der Waals surface area contributed by atoms with Crippen LogP contribution in [0.4, 0.5) is 0 Å². The molecule has 0 spiro atoms. The number of rotatable bonds is 4. The molecule has 4 fully saturated rings. The third kappa shape index (κ3) is 1.93. The first-order chi connectivity index (χ1) is 11.0. The maximum Gasteiger partial charge on any atom is 0.150 e. The van der Waals surface area contributed by atoms with Gasteiger partial charge in [0, 0.05) is 32.6 Å². The second-order valence-electron chi connectivity index (χ2n) is 8.19. The summed E-state index contributed by atoms with van der Waals surface area (Å²) in [6.45, 7) is 10.6. The molecule has 3 nitrogen and oxygen atoms in total. The first-order valence-electron chi connectivity index (χ1n) is 9.07. The average molecular weight is 312 g/mol. The highest BCUT2D eigenvalue weighted by Crippen LogP contribution is 2.54. The quantitative estimate of drug-likeness (QED) is 0.854. The van der Waals surface area contributed by atoms with Gasteiger partial charge in [-0.3, -0.25) is 14.6 Å². The van der Waals surface area contributed by atoms with Gasteiger partial charge in [0.25, 0.3) is 0 Å². The summed E-state index contributed by atoms with van der Waals surface area (Å²) in [6, 6.07) is 10.8. The lowest BCUT2D eigenvalue weighted by Crippen LogP contribution is -2.83. The van der Waals surface area contributed by atoms with Gasteiger partial charge in [0.1, 0.15) is 5.78 Å². The molecule has 0 N–H and O–H groups in total. The molecule has 0 unspecified atom stereocenters.